The Kier molecular flexibility index (Phi) is 4.64. The van der Waals surface area contributed by atoms with Crippen LogP contribution in [0, 0.1) is 6.92 Å². The zero-order valence-electron chi connectivity index (χ0n) is 10.6. The van der Waals surface area contributed by atoms with Gasteiger partial charge in [-0.15, -0.1) is 0 Å². The smallest absolute Gasteiger partial charge is 0.260 e. The van der Waals surface area contributed by atoms with Crippen molar-refractivity contribution in [2.24, 2.45) is 0 Å². The van der Waals surface area contributed by atoms with Gasteiger partial charge >= 0.3 is 0 Å². The van der Waals surface area contributed by atoms with Gasteiger partial charge in [-0.1, -0.05) is 15.9 Å². The van der Waals surface area contributed by atoms with Crippen LogP contribution in [0.4, 0.5) is 0 Å². The van der Waals surface area contributed by atoms with Crippen LogP contribution in [0.5, 0.6) is 5.75 Å². The first-order chi connectivity index (χ1) is 8.66. The van der Waals surface area contributed by atoms with Crippen molar-refractivity contribution in [2.75, 3.05) is 19.7 Å². The quantitative estimate of drug-likeness (QED) is 0.858. The molecule has 1 amide bonds. The van der Waals surface area contributed by atoms with E-state index in [2.05, 4.69) is 15.9 Å². The van der Waals surface area contributed by atoms with Crippen LogP contribution in [-0.4, -0.2) is 30.5 Å². The normalized spacial score (nSPS) is 15.6. The van der Waals surface area contributed by atoms with Crippen molar-refractivity contribution in [1.82, 2.24) is 4.90 Å². The summed E-state index contributed by atoms with van der Waals surface area (Å²) in [5.41, 5.74) is 1.11. The minimum Gasteiger partial charge on any atom is -0.484 e. The molecule has 0 aliphatic carbocycles. The molecule has 1 aliphatic heterocycles. The number of carbonyl (C=O) groups excluding carboxylic acids is 1. The topological polar surface area (TPSA) is 29.5 Å². The van der Waals surface area contributed by atoms with E-state index in [-0.39, 0.29) is 12.5 Å². The van der Waals surface area contributed by atoms with Gasteiger partial charge in [0, 0.05) is 17.6 Å². The zero-order chi connectivity index (χ0) is 13.0. The standard InChI is InChI=1S/C14H18BrNO2/c1-11-9-12(5-6-13(11)15)18-10-14(17)16-7-3-2-4-8-16/h5-6,9H,2-4,7-8,10H2,1H3. The number of piperidine rings is 1. The molecule has 0 aromatic heterocycles. The first-order valence-electron chi connectivity index (χ1n) is 6.33. The second-order valence-corrected chi connectivity index (χ2v) is 5.50. The summed E-state index contributed by atoms with van der Waals surface area (Å²) < 4.78 is 6.60. The Labute approximate surface area is 116 Å². The third kappa shape index (κ3) is 3.48. The van der Waals surface area contributed by atoms with E-state index in [0.717, 1.165) is 41.7 Å². The summed E-state index contributed by atoms with van der Waals surface area (Å²) in [4.78, 5) is 13.8. The van der Waals surface area contributed by atoms with Gasteiger partial charge in [0.05, 0.1) is 0 Å². The molecule has 0 saturated carbocycles. The molecule has 0 unspecified atom stereocenters. The fourth-order valence-electron chi connectivity index (χ4n) is 2.09. The molecule has 2 rings (SSSR count). The lowest BCUT2D eigenvalue weighted by Crippen LogP contribution is -2.38. The van der Waals surface area contributed by atoms with Gasteiger partial charge in [-0.25, -0.2) is 0 Å². The predicted octanol–water partition coefficient (Wildman–Crippen LogP) is 3.15. The molecule has 0 radical (unpaired) electrons. The van der Waals surface area contributed by atoms with E-state index in [1.165, 1.54) is 6.42 Å². The molecule has 0 atom stereocenters. The Balaban J connectivity index is 1.86. The molecule has 4 heteroatoms. The third-order valence-electron chi connectivity index (χ3n) is 3.20. The number of benzene rings is 1. The number of halogens is 1. The SMILES string of the molecule is Cc1cc(OCC(=O)N2CCCCC2)ccc1Br. The molecule has 1 aromatic carbocycles. The van der Waals surface area contributed by atoms with Gasteiger partial charge < -0.3 is 9.64 Å². The maximum atomic E-state index is 11.9. The number of aryl methyl sites for hydroxylation is 1. The first kappa shape index (κ1) is 13.4. The molecule has 0 bridgehead atoms. The number of likely N-dealkylation sites (tertiary alicyclic amines) is 1. The van der Waals surface area contributed by atoms with Crippen LogP contribution in [-0.2, 0) is 4.79 Å². The highest BCUT2D eigenvalue weighted by Gasteiger charge is 2.16. The molecule has 18 heavy (non-hydrogen) atoms. The number of nitrogens with zero attached hydrogens (tertiary/aromatic N) is 1. The van der Waals surface area contributed by atoms with E-state index in [0.29, 0.717) is 0 Å². The number of hydrogen-bond donors (Lipinski definition) is 0. The summed E-state index contributed by atoms with van der Waals surface area (Å²) in [6.45, 7) is 3.90. The van der Waals surface area contributed by atoms with Crippen molar-refractivity contribution in [1.29, 1.82) is 0 Å². The van der Waals surface area contributed by atoms with Crippen LogP contribution in [0.15, 0.2) is 22.7 Å². The van der Waals surface area contributed by atoms with Crippen molar-refractivity contribution >= 4 is 21.8 Å². The highest BCUT2D eigenvalue weighted by Crippen LogP contribution is 2.21. The molecule has 1 aliphatic rings. The molecule has 98 valence electrons. The van der Waals surface area contributed by atoms with Crippen LogP contribution in [0.2, 0.25) is 0 Å². The van der Waals surface area contributed by atoms with Crippen molar-refractivity contribution in [3.8, 4) is 5.75 Å². The molecule has 1 saturated heterocycles. The number of ether oxygens (including phenoxy) is 1. The fourth-order valence-corrected chi connectivity index (χ4v) is 2.33. The summed E-state index contributed by atoms with van der Waals surface area (Å²) in [5.74, 6) is 0.844. The molecule has 1 heterocycles. The second kappa shape index (κ2) is 6.23. The minimum absolute atomic E-state index is 0.0928. The average molecular weight is 312 g/mol. The summed E-state index contributed by atoms with van der Waals surface area (Å²) in [7, 11) is 0. The van der Waals surface area contributed by atoms with E-state index >= 15 is 0 Å². The molecule has 0 spiro atoms. The average Bonchev–Trinajstić information content (AvgIpc) is 2.41. The fraction of sp³-hybridized carbons (Fsp3) is 0.500. The second-order valence-electron chi connectivity index (χ2n) is 4.64. The van der Waals surface area contributed by atoms with Crippen LogP contribution < -0.4 is 4.74 Å². The van der Waals surface area contributed by atoms with Crippen LogP contribution in [0.1, 0.15) is 24.8 Å². The van der Waals surface area contributed by atoms with Gasteiger partial charge in [-0.3, -0.25) is 4.79 Å². The Bertz CT molecular complexity index is 428. The lowest BCUT2D eigenvalue weighted by atomic mass is 10.1. The number of hydrogen-bond acceptors (Lipinski definition) is 2. The summed E-state index contributed by atoms with van der Waals surface area (Å²) in [6, 6.07) is 5.75. The van der Waals surface area contributed by atoms with Gasteiger partial charge in [0.25, 0.3) is 5.91 Å². The highest BCUT2D eigenvalue weighted by molar-refractivity contribution is 9.10. The lowest BCUT2D eigenvalue weighted by molar-refractivity contribution is -0.134. The highest BCUT2D eigenvalue weighted by atomic mass is 79.9. The zero-order valence-corrected chi connectivity index (χ0v) is 12.2. The lowest BCUT2D eigenvalue weighted by Gasteiger charge is -2.26. The first-order valence-corrected chi connectivity index (χ1v) is 7.13. The summed E-state index contributed by atoms with van der Waals surface area (Å²) in [6.07, 6.45) is 3.46. The molecular formula is C14H18BrNO2. The Morgan fingerprint density at radius 2 is 2.06 bits per heavy atom. The van der Waals surface area contributed by atoms with Crippen molar-refractivity contribution in [3.63, 3.8) is 0 Å². The number of rotatable bonds is 3. The van der Waals surface area contributed by atoms with Crippen molar-refractivity contribution < 1.29 is 9.53 Å². The van der Waals surface area contributed by atoms with Crippen LogP contribution in [0.3, 0.4) is 0 Å². The minimum atomic E-state index is 0.0928. The van der Waals surface area contributed by atoms with E-state index in [1.54, 1.807) is 0 Å². The largest absolute Gasteiger partial charge is 0.484 e. The Morgan fingerprint density at radius 1 is 1.33 bits per heavy atom. The monoisotopic (exact) mass is 311 g/mol. The Morgan fingerprint density at radius 3 is 2.72 bits per heavy atom. The van der Waals surface area contributed by atoms with Gasteiger partial charge in [-0.2, -0.15) is 0 Å². The maximum absolute atomic E-state index is 11.9. The molecular weight excluding hydrogens is 294 g/mol. The van der Waals surface area contributed by atoms with Crippen molar-refractivity contribution in [2.45, 2.75) is 26.2 Å². The molecule has 1 aromatic rings. The Hall–Kier alpha value is -1.03. The van der Waals surface area contributed by atoms with E-state index in [1.807, 2.05) is 30.0 Å². The van der Waals surface area contributed by atoms with Gasteiger partial charge in [0.1, 0.15) is 5.75 Å². The van der Waals surface area contributed by atoms with Gasteiger partial charge in [0.2, 0.25) is 0 Å². The van der Waals surface area contributed by atoms with Crippen molar-refractivity contribution in [3.05, 3.63) is 28.2 Å². The van der Waals surface area contributed by atoms with E-state index < -0.39 is 0 Å². The summed E-state index contributed by atoms with van der Waals surface area (Å²) in [5, 5.41) is 0. The molecule has 0 N–H and O–H groups in total. The van der Waals surface area contributed by atoms with Crippen LogP contribution >= 0.6 is 15.9 Å². The number of carbonyl (C=O) groups is 1. The predicted molar refractivity (Wildman–Crippen MR) is 74.8 cm³/mol. The number of amides is 1. The van der Waals surface area contributed by atoms with E-state index in [4.69, 9.17) is 4.74 Å². The maximum Gasteiger partial charge on any atom is 0.260 e. The molecule has 1 fully saturated rings. The van der Waals surface area contributed by atoms with Gasteiger partial charge in [-0.05, 0) is 49.9 Å². The summed E-state index contributed by atoms with van der Waals surface area (Å²) >= 11 is 3.44. The van der Waals surface area contributed by atoms with Gasteiger partial charge in [0.15, 0.2) is 6.61 Å². The van der Waals surface area contributed by atoms with E-state index in [9.17, 15) is 4.79 Å². The third-order valence-corrected chi connectivity index (χ3v) is 4.09. The molecule has 3 nitrogen and oxygen atoms in total. The van der Waals surface area contributed by atoms with Crippen LogP contribution in [0.25, 0.3) is 0 Å².